The lowest BCUT2D eigenvalue weighted by molar-refractivity contribution is 0.0940. The van der Waals surface area contributed by atoms with Gasteiger partial charge in [-0.05, 0) is 74.0 Å². The summed E-state index contributed by atoms with van der Waals surface area (Å²) < 4.78 is 14.1. The molecule has 1 aromatic carbocycles. The van der Waals surface area contributed by atoms with Crippen LogP contribution in [0.25, 0.3) is 0 Å². The first-order valence-electron chi connectivity index (χ1n) is 7.39. The fourth-order valence-corrected chi connectivity index (χ4v) is 5.07. The van der Waals surface area contributed by atoms with Crippen LogP contribution in [-0.4, -0.2) is 5.78 Å². The van der Waals surface area contributed by atoms with Crippen LogP contribution in [0.4, 0.5) is 4.39 Å². The van der Waals surface area contributed by atoms with Gasteiger partial charge in [0, 0.05) is 5.92 Å². The number of benzene rings is 1. The second-order valence-corrected chi connectivity index (χ2v) is 6.82. The quantitative estimate of drug-likeness (QED) is 0.735. The SMILES string of the molecule is Cc1cc(C)c(C(=O)C2C3C4CCC(C4)C23)c(F)c1. The molecule has 3 fully saturated rings. The molecular formula is C17H19FO. The third-order valence-electron chi connectivity index (χ3n) is 5.72. The molecule has 3 saturated carbocycles. The lowest BCUT2D eigenvalue weighted by atomic mass is 9.93. The van der Waals surface area contributed by atoms with Gasteiger partial charge in [0.1, 0.15) is 5.82 Å². The standard InChI is InChI=1S/C17H19FO/c1-8-5-9(2)13(12(18)6-8)17(19)16-14-10-3-4-11(7-10)15(14)16/h5-6,10-11,14-16H,3-4,7H2,1-2H3. The highest BCUT2D eigenvalue weighted by atomic mass is 19.1. The van der Waals surface area contributed by atoms with Crippen molar-refractivity contribution in [3.05, 3.63) is 34.6 Å². The lowest BCUT2D eigenvalue weighted by Gasteiger charge is -2.11. The number of fused-ring (bicyclic) bond motifs is 5. The van der Waals surface area contributed by atoms with Gasteiger partial charge in [-0.15, -0.1) is 0 Å². The molecule has 1 nitrogen and oxygen atoms in total. The summed E-state index contributed by atoms with van der Waals surface area (Å²) in [7, 11) is 0. The van der Waals surface area contributed by atoms with Crippen molar-refractivity contribution in [1.29, 1.82) is 0 Å². The van der Waals surface area contributed by atoms with Gasteiger partial charge in [-0.25, -0.2) is 4.39 Å². The van der Waals surface area contributed by atoms with E-state index >= 15 is 0 Å². The van der Waals surface area contributed by atoms with E-state index in [-0.39, 0.29) is 17.5 Å². The van der Waals surface area contributed by atoms with E-state index in [9.17, 15) is 9.18 Å². The molecule has 4 rings (SSSR count). The molecule has 2 bridgehead atoms. The Morgan fingerprint density at radius 1 is 1.16 bits per heavy atom. The topological polar surface area (TPSA) is 17.1 Å². The third kappa shape index (κ3) is 1.49. The van der Waals surface area contributed by atoms with Crippen molar-refractivity contribution in [1.82, 2.24) is 0 Å². The molecule has 0 N–H and O–H groups in total. The summed E-state index contributed by atoms with van der Waals surface area (Å²) in [4.78, 5) is 12.7. The molecule has 0 amide bonds. The molecule has 1 aromatic rings. The predicted octanol–water partition coefficient (Wildman–Crippen LogP) is 3.92. The predicted molar refractivity (Wildman–Crippen MR) is 71.5 cm³/mol. The summed E-state index contributed by atoms with van der Waals surface area (Å²) in [6, 6.07) is 3.41. The Bertz CT molecular complexity index is 538. The largest absolute Gasteiger partial charge is 0.294 e. The maximum absolute atomic E-state index is 14.1. The van der Waals surface area contributed by atoms with Crippen molar-refractivity contribution >= 4 is 5.78 Å². The highest BCUT2D eigenvalue weighted by Crippen LogP contribution is 2.70. The number of Topliss-reactive ketones (excluding diaryl/α,β-unsaturated/α-hetero) is 1. The third-order valence-corrected chi connectivity index (χ3v) is 5.72. The summed E-state index contributed by atoms with van der Waals surface area (Å²) in [5.74, 6) is 2.61. The van der Waals surface area contributed by atoms with E-state index in [0.717, 1.165) is 23.0 Å². The molecule has 2 heteroatoms. The molecule has 0 saturated heterocycles. The molecule has 0 radical (unpaired) electrons. The first-order valence-corrected chi connectivity index (χ1v) is 7.39. The van der Waals surface area contributed by atoms with Crippen LogP contribution >= 0.6 is 0 Å². The van der Waals surface area contributed by atoms with Gasteiger partial charge in [-0.1, -0.05) is 6.07 Å². The summed E-state index contributed by atoms with van der Waals surface area (Å²) >= 11 is 0. The number of aryl methyl sites for hydroxylation is 2. The molecule has 3 aliphatic rings. The number of hydrogen-bond donors (Lipinski definition) is 0. The minimum Gasteiger partial charge on any atom is -0.294 e. The molecule has 0 aliphatic heterocycles. The van der Waals surface area contributed by atoms with Gasteiger partial charge in [0.15, 0.2) is 5.78 Å². The van der Waals surface area contributed by atoms with Gasteiger partial charge in [0.05, 0.1) is 5.56 Å². The lowest BCUT2D eigenvalue weighted by Crippen LogP contribution is -2.13. The van der Waals surface area contributed by atoms with Gasteiger partial charge in [-0.3, -0.25) is 4.79 Å². The van der Waals surface area contributed by atoms with Crippen LogP contribution in [0, 0.1) is 49.3 Å². The number of halogens is 1. The summed E-state index contributed by atoms with van der Waals surface area (Å²) in [5, 5.41) is 0. The Morgan fingerprint density at radius 2 is 1.79 bits per heavy atom. The van der Waals surface area contributed by atoms with Crippen LogP contribution in [0.3, 0.4) is 0 Å². The van der Waals surface area contributed by atoms with Gasteiger partial charge in [-0.2, -0.15) is 0 Å². The minimum atomic E-state index is -0.320. The summed E-state index contributed by atoms with van der Waals surface area (Å²) in [5.41, 5.74) is 2.06. The van der Waals surface area contributed by atoms with Crippen molar-refractivity contribution in [2.24, 2.45) is 29.6 Å². The van der Waals surface area contributed by atoms with Crippen LogP contribution in [0.2, 0.25) is 0 Å². The first kappa shape index (κ1) is 11.6. The van der Waals surface area contributed by atoms with E-state index in [0.29, 0.717) is 17.4 Å². The highest BCUT2D eigenvalue weighted by Gasteiger charge is 2.67. The Hall–Kier alpha value is -1.18. The van der Waals surface area contributed by atoms with E-state index in [1.165, 1.54) is 25.3 Å². The Morgan fingerprint density at radius 3 is 2.37 bits per heavy atom. The Kier molecular flexibility index (Phi) is 2.25. The van der Waals surface area contributed by atoms with E-state index in [1.54, 1.807) is 0 Å². The number of carbonyl (C=O) groups excluding carboxylic acids is 1. The second-order valence-electron chi connectivity index (χ2n) is 6.82. The Labute approximate surface area is 113 Å². The molecule has 4 atom stereocenters. The van der Waals surface area contributed by atoms with E-state index in [2.05, 4.69) is 0 Å². The maximum atomic E-state index is 14.1. The summed E-state index contributed by atoms with van der Waals surface area (Å²) in [6.07, 6.45) is 3.92. The maximum Gasteiger partial charge on any atom is 0.169 e. The van der Waals surface area contributed by atoms with Crippen LogP contribution in [0.1, 0.15) is 40.7 Å². The highest BCUT2D eigenvalue weighted by molar-refractivity contribution is 6.01. The Balaban J connectivity index is 1.66. The zero-order chi connectivity index (χ0) is 13.3. The van der Waals surface area contributed by atoms with Crippen molar-refractivity contribution in [2.75, 3.05) is 0 Å². The number of hydrogen-bond acceptors (Lipinski definition) is 1. The number of ketones is 1. The number of rotatable bonds is 2. The van der Waals surface area contributed by atoms with Crippen LogP contribution in [0.5, 0.6) is 0 Å². The van der Waals surface area contributed by atoms with Gasteiger partial charge in [0.2, 0.25) is 0 Å². The molecule has 0 heterocycles. The van der Waals surface area contributed by atoms with Gasteiger partial charge >= 0.3 is 0 Å². The molecular weight excluding hydrogens is 239 g/mol. The van der Waals surface area contributed by atoms with Gasteiger partial charge in [0.25, 0.3) is 0 Å². The summed E-state index contributed by atoms with van der Waals surface area (Å²) in [6.45, 7) is 3.73. The normalized spacial score (nSPS) is 38.4. The average molecular weight is 258 g/mol. The van der Waals surface area contributed by atoms with E-state index < -0.39 is 0 Å². The molecule has 4 unspecified atom stereocenters. The average Bonchev–Trinajstić information content (AvgIpc) is 2.77. The zero-order valence-corrected chi connectivity index (χ0v) is 11.4. The van der Waals surface area contributed by atoms with Crippen LogP contribution in [-0.2, 0) is 0 Å². The zero-order valence-electron chi connectivity index (χ0n) is 11.4. The fraction of sp³-hybridized carbons (Fsp3) is 0.588. The monoisotopic (exact) mass is 258 g/mol. The minimum absolute atomic E-state index is 0.0848. The van der Waals surface area contributed by atoms with Crippen molar-refractivity contribution in [3.63, 3.8) is 0 Å². The van der Waals surface area contributed by atoms with Crippen molar-refractivity contribution in [3.8, 4) is 0 Å². The fourth-order valence-electron chi connectivity index (χ4n) is 5.07. The van der Waals surface area contributed by atoms with Crippen LogP contribution in [0.15, 0.2) is 12.1 Å². The molecule has 0 spiro atoms. The second kappa shape index (κ2) is 3.68. The van der Waals surface area contributed by atoms with Crippen molar-refractivity contribution < 1.29 is 9.18 Å². The smallest absolute Gasteiger partial charge is 0.169 e. The van der Waals surface area contributed by atoms with Gasteiger partial charge < -0.3 is 0 Å². The first-order chi connectivity index (χ1) is 9.08. The van der Waals surface area contributed by atoms with Crippen molar-refractivity contribution in [2.45, 2.75) is 33.1 Å². The number of carbonyl (C=O) groups is 1. The molecule has 0 aromatic heterocycles. The molecule has 19 heavy (non-hydrogen) atoms. The molecule has 100 valence electrons. The van der Waals surface area contributed by atoms with E-state index in [1.807, 2.05) is 19.9 Å². The molecule has 3 aliphatic carbocycles. The van der Waals surface area contributed by atoms with E-state index in [4.69, 9.17) is 0 Å². The van der Waals surface area contributed by atoms with Crippen LogP contribution < -0.4 is 0 Å².